The van der Waals surface area contributed by atoms with Crippen LogP contribution >= 0.6 is 0 Å². The molecule has 1 heterocycles. The summed E-state index contributed by atoms with van der Waals surface area (Å²) >= 11 is 0. The van der Waals surface area contributed by atoms with Gasteiger partial charge in [0.2, 0.25) is 5.95 Å². The average molecular weight is 308 g/mol. The number of hydrogen-bond acceptors (Lipinski definition) is 4. The van der Waals surface area contributed by atoms with E-state index in [1.54, 1.807) is 6.21 Å². The van der Waals surface area contributed by atoms with E-state index in [9.17, 15) is 0 Å². The lowest BCUT2D eigenvalue weighted by Gasteiger charge is -2.05. The zero-order valence-corrected chi connectivity index (χ0v) is 13.4. The number of hydrazone groups is 1. The Morgan fingerprint density at radius 3 is 2.87 bits per heavy atom. The lowest BCUT2D eigenvalue weighted by molar-refractivity contribution is 0.340. The normalized spacial score (nSPS) is 11.2. The molecule has 0 radical (unpaired) electrons. The van der Waals surface area contributed by atoms with E-state index in [2.05, 4.69) is 33.1 Å². The van der Waals surface area contributed by atoms with Gasteiger partial charge in [-0.2, -0.15) is 5.10 Å². The van der Waals surface area contributed by atoms with Crippen LogP contribution in [0.4, 0.5) is 5.95 Å². The van der Waals surface area contributed by atoms with Gasteiger partial charge in [-0.15, -0.1) is 0 Å². The van der Waals surface area contributed by atoms with E-state index in [4.69, 9.17) is 4.74 Å². The quantitative estimate of drug-likeness (QED) is 0.555. The molecule has 0 atom stereocenters. The molecule has 0 aliphatic rings. The van der Waals surface area contributed by atoms with Crippen molar-refractivity contribution in [1.82, 2.24) is 9.55 Å². The van der Waals surface area contributed by atoms with Crippen LogP contribution in [-0.2, 0) is 6.54 Å². The maximum absolute atomic E-state index is 5.49. The van der Waals surface area contributed by atoms with E-state index in [0.29, 0.717) is 6.61 Å². The molecule has 0 bridgehead atoms. The van der Waals surface area contributed by atoms with Crippen molar-refractivity contribution in [3.63, 3.8) is 0 Å². The second kappa shape index (κ2) is 6.96. The van der Waals surface area contributed by atoms with Crippen LogP contribution in [0.3, 0.4) is 0 Å². The zero-order chi connectivity index (χ0) is 16.1. The summed E-state index contributed by atoms with van der Waals surface area (Å²) in [4.78, 5) is 4.58. The van der Waals surface area contributed by atoms with Gasteiger partial charge < -0.3 is 9.30 Å². The highest BCUT2D eigenvalue weighted by Crippen LogP contribution is 2.19. The standard InChI is InChI=1S/C18H20N4O/c1-3-22-17-11-6-5-10-16(17)20-18(22)21-19-13-14-8-7-9-15(12-14)23-4-2/h5-13H,3-4H2,1-2H3,(H,20,21)/b19-13-. The second-order valence-corrected chi connectivity index (χ2v) is 5.04. The minimum Gasteiger partial charge on any atom is -0.494 e. The van der Waals surface area contributed by atoms with Gasteiger partial charge in [0.1, 0.15) is 5.75 Å². The number of ether oxygens (including phenoxy) is 1. The number of hydrogen-bond donors (Lipinski definition) is 1. The molecule has 3 rings (SSSR count). The Morgan fingerprint density at radius 2 is 2.04 bits per heavy atom. The molecule has 0 fully saturated rings. The molecule has 0 saturated heterocycles. The first-order valence-corrected chi connectivity index (χ1v) is 7.79. The summed E-state index contributed by atoms with van der Waals surface area (Å²) in [6, 6.07) is 15.9. The lowest BCUT2D eigenvalue weighted by atomic mass is 10.2. The molecule has 5 heteroatoms. The molecular weight excluding hydrogens is 288 g/mol. The van der Waals surface area contributed by atoms with Gasteiger partial charge in [-0.05, 0) is 43.7 Å². The van der Waals surface area contributed by atoms with Gasteiger partial charge in [0.25, 0.3) is 0 Å². The predicted molar refractivity (Wildman–Crippen MR) is 94.2 cm³/mol. The van der Waals surface area contributed by atoms with Gasteiger partial charge in [-0.3, -0.25) is 0 Å². The van der Waals surface area contributed by atoms with Gasteiger partial charge >= 0.3 is 0 Å². The van der Waals surface area contributed by atoms with E-state index < -0.39 is 0 Å². The average Bonchev–Trinajstić information content (AvgIpc) is 2.93. The maximum atomic E-state index is 5.49. The van der Waals surface area contributed by atoms with Crippen molar-refractivity contribution in [3.8, 4) is 5.75 Å². The summed E-state index contributed by atoms with van der Waals surface area (Å²) in [6.07, 6.45) is 1.77. The SMILES string of the molecule is CCOc1cccc(/C=N\Nc2nc3ccccc3n2CC)c1. The van der Waals surface area contributed by atoms with E-state index in [0.717, 1.165) is 34.8 Å². The summed E-state index contributed by atoms with van der Waals surface area (Å²) in [7, 11) is 0. The molecule has 2 aromatic carbocycles. The summed E-state index contributed by atoms with van der Waals surface area (Å²) in [5.41, 5.74) is 6.07. The Balaban J connectivity index is 1.79. The van der Waals surface area contributed by atoms with E-state index in [1.807, 2.05) is 49.4 Å². The Kier molecular flexibility index (Phi) is 4.57. The van der Waals surface area contributed by atoms with Crippen molar-refractivity contribution in [2.24, 2.45) is 5.10 Å². The fourth-order valence-electron chi connectivity index (χ4n) is 2.50. The number of fused-ring (bicyclic) bond motifs is 1. The Hall–Kier alpha value is -2.82. The maximum Gasteiger partial charge on any atom is 0.224 e. The minimum absolute atomic E-state index is 0.652. The molecule has 118 valence electrons. The molecule has 0 aliphatic heterocycles. The summed E-state index contributed by atoms with van der Waals surface area (Å²) in [5, 5.41) is 4.30. The van der Waals surface area contributed by atoms with Crippen LogP contribution in [0.5, 0.6) is 5.75 Å². The third-order valence-electron chi connectivity index (χ3n) is 3.52. The number of nitrogens with one attached hydrogen (secondary N) is 1. The van der Waals surface area contributed by atoms with E-state index in [-0.39, 0.29) is 0 Å². The largest absolute Gasteiger partial charge is 0.494 e. The number of para-hydroxylation sites is 2. The predicted octanol–water partition coefficient (Wildman–Crippen LogP) is 3.90. The molecule has 1 aromatic heterocycles. The van der Waals surface area contributed by atoms with Crippen molar-refractivity contribution in [2.75, 3.05) is 12.0 Å². The highest BCUT2D eigenvalue weighted by molar-refractivity contribution is 5.81. The number of rotatable bonds is 6. The molecule has 0 aliphatic carbocycles. The van der Waals surface area contributed by atoms with Crippen LogP contribution in [0.15, 0.2) is 53.6 Å². The third-order valence-corrected chi connectivity index (χ3v) is 3.52. The van der Waals surface area contributed by atoms with Crippen LogP contribution in [0.2, 0.25) is 0 Å². The Labute approximate surface area is 135 Å². The minimum atomic E-state index is 0.652. The van der Waals surface area contributed by atoms with Gasteiger partial charge in [-0.1, -0.05) is 24.3 Å². The fraction of sp³-hybridized carbons (Fsp3) is 0.222. The summed E-state index contributed by atoms with van der Waals surface area (Å²) in [6.45, 7) is 5.55. The summed E-state index contributed by atoms with van der Waals surface area (Å²) in [5.74, 6) is 1.59. The smallest absolute Gasteiger partial charge is 0.224 e. The fourth-order valence-corrected chi connectivity index (χ4v) is 2.50. The van der Waals surface area contributed by atoms with Crippen LogP contribution in [0.25, 0.3) is 11.0 Å². The van der Waals surface area contributed by atoms with Gasteiger partial charge in [0.05, 0.1) is 23.9 Å². The van der Waals surface area contributed by atoms with Crippen LogP contribution in [0, 0.1) is 0 Å². The monoisotopic (exact) mass is 308 g/mol. The zero-order valence-electron chi connectivity index (χ0n) is 13.4. The molecule has 1 N–H and O–H groups in total. The molecule has 0 amide bonds. The molecule has 23 heavy (non-hydrogen) atoms. The van der Waals surface area contributed by atoms with E-state index in [1.165, 1.54) is 0 Å². The topological polar surface area (TPSA) is 51.4 Å². The number of anilines is 1. The van der Waals surface area contributed by atoms with Gasteiger partial charge in [-0.25, -0.2) is 10.4 Å². The molecule has 0 saturated carbocycles. The lowest BCUT2D eigenvalue weighted by Crippen LogP contribution is -2.02. The van der Waals surface area contributed by atoms with Crippen LogP contribution in [-0.4, -0.2) is 22.4 Å². The van der Waals surface area contributed by atoms with Crippen LogP contribution < -0.4 is 10.2 Å². The van der Waals surface area contributed by atoms with Crippen molar-refractivity contribution < 1.29 is 4.74 Å². The van der Waals surface area contributed by atoms with Crippen LogP contribution in [0.1, 0.15) is 19.4 Å². The van der Waals surface area contributed by atoms with Crippen molar-refractivity contribution in [3.05, 3.63) is 54.1 Å². The first kappa shape index (κ1) is 15.1. The Morgan fingerprint density at radius 1 is 1.17 bits per heavy atom. The highest BCUT2D eigenvalue weighted by atomic mass is 16.5. The third kappa shape index (κ3) is 3.34. The number of imidazole rings is 1. The summed E-state index contributed by atoms with van der Waals surface area (Å²) < 4.78 is 7.59. The number of nitrogens with zero attached hydrogens (tertiary/aromatic N) is 3. The van der Waals surface area contributed by atoms with Crippen molar-refractivity contribution in [2.45, 2.75) is 20.4 Å². The van der Waals surface area contributed by atoms with Crippen molar-refractivity contribution in [1.29, 1.82) is 0 Å². The van der Waals surface area contributed by atoms with E-state index >= 15 is 0 Å². The molecule has 5 nitrogen and oxygen atoms in total. The molecule has 0 unspecified atom stereocenters. The number of aromatic nitrogens is 2. The second-order valence-electron chi connectivity index (χ2n) is 5.04. The number of benzene rings is 2. The van der Waals surface area contributed by atoms with Gasteiger partial charge in [0.15, 0.2) is 0 Å². The highest BCUT2D eigenvalue weighted by Gasteiger charge is 2.07. The molecule has 3 aromatic rings. The first-order valence-electron chi connectivity index (χ1n) is 7.79. The van der Waals surface area contributed by atoms with Crippen molar-refractivity contribution >= 4 is 23.2 Å². The molecule has 0 spiro atoms. The Bertz CT molecular complexity index is 823. The number of aryl methyl sites for hydroxylation is 1. The first-order chi connectivity index (χ1) is 11.3. The molecular formula is C18H20N4O. The van der Waals surface area contributed by atoms with Gasteiger partial charge in [0, 0.05) is 6.54 Å².